The van der Waals surface area contributed by atoms with E-state index in [0.29, 0.717) is 18.7 Å². The number of halogens is 1. The Hall–Kier alpha value is -1.36. The van der Waals surface area contributed by atoms with E-state index in [1.807, 2.05) is 19.1 Å². The Kier molecular flexibility index (Phi) is 6.02. The molecule has 5 heteroatoms. The van der Waals surface area contributed by atoms with Crippen molar-refractivity contribution < 1.29 is 14.3 Å². The molecule has 0 heterocycles. The lowest BCUT2D eigenvalue weighted by Gasteiger charge is -2.23. The van der Waals surface area contributed by atoms with Gasteiger partial charge in [0.25, 0.3) is 5.91 Å². The molecule has 4 nitrogen and oxygen atoms in total. The number of hydrogen-bond donors (Lipinski definition) is 0. The summed E-state index contributed by atoms with van der Waals surface area (Å²) in [5, 5.41) is 0. The molecule has 0 aliphatic heterocycles. The summed E-state index contributed by atoms with van der Waals surface area (Å²) in [6.45, 7) is 4.55. The van der Waals surface area contributed by atoms with E-state index in [4.69, 9.17) is 0 Å². The number of esters is 1. The van der Waals surface area contributed by atoms with Crippen molar-refractivity contribution in [3.8, 4) is 0 Å². The lowest BCUT2D eigenvalue weighted by molar-refractivity contribution is -0.145. The number of hydrogen-bond acceptors (Lipinski definition) is 3. The largest absolute Gasteiger partial charge is 0.469 e. The molecule has 0 bridgehead atoms. The zero-order valence-corrected chi connectivity index (χ0v) is 12.9. The molecule has 0 aromatic heterocycles. The maximum Gasteiger partial charge on any atom is 0.310 e. The Morgan fingerprint density at radius 3 is 2.37 bits per heavy atom. The van der Waals surface area contributed by atoms with Crippen LogP contribution in [-0.4, -0.2) is 37.0 Å². The van der Waals surface area contributed by atoms with Gasteiger partial charge in [-0.1, -0.05) is 22.9 Å². The summed E-state index contributed by atoms with van der Waals surface area (Å²) in [6.07, 6.45) is 0. The van der Waals surface area contributed by atoms with Crippen LogP contribution in [0.1, 0.15) is 24.2 Å². The fraction of sp³-hybridized carbons (Fsp3) is 0.429. The van der Waals surface area contributed by atoms with E-state index in [1.54, 1.807) is 24.0 Å². The minimum Gasteiger partial charge on any atom is -0.469 e. The van der Waals surface area contributed by atoms with Crippen LogP contribution in [0.3, 0.4) is 0 Å². The highest BCUT2D eigenvalue weighted by Gasteiger charge is 2.21. The molecule has 0 saturated heterocycles. The molecule has 1 rings (SSSR count). The number of benzene rings is 1. The number of nitrogens with zero attached hydrogens (tertiary/aromatic N) is 1. The Bertz CT molecular complexity index is 445. The summed E-state index contributed by atoms with van der Waals surface area (Å²) < 4.78 is 5.60. The van der Waals surface area contributed by atoms with Crippen LogP contribution in [0.5, 0.6) is 0 Å². The molecule has 1 aromatic carbocycles. The highest BCUT2D eigenvalue weighted by molar-refractivity contribution is 9.10. The first-order valence-electron chi connectivity index (χ1n) is 6.12. The van der Waals surface area contributed by atoms with Gasteiger partial charge in [0.15, 0.2) is 0 Å². The first kappa shape index (κ1) is 15.7. The highest BCUT2D eigenvalue weighted by Crippen LogP contribution is 2.13. The number of carbonyl (C=O) groups is 2. The van der Waals surface area contributed by atoms with Gasteiger partial charge in [-0.05, 0) is 31.2 Å². The third kappa shape index (κ3) is 4.35. The van der Waals surface area contributed by atoms with E-state index >= 15 is 0 Å². The zero-order chi connectivity index (χ0) is 14.4. The molecule has 0 N–H and O–H groups in total. The molecule has 0 saturated carbocycles. The first-order valence-corrected chi connectivity index (χ1v) is 6.91. The molecule has 104 valence electrons. The van der Waals surface area contributed by atoms with Gasteiger partial charge in [-0.3, -0.25) is 9.59 Å². The van der Waals surface area contributed by atoms with Crippen LogP contribution in [0.15, 0.2) is 28.7 Å². The maximum atomic E-state index is 12.3. The second-order valence-electron chi connectivity index (χ2n) is 4.27. The van der Waals surface area contributed by atoms with Gasteiger partial charge in [-0.25, -0.2) is 0 Å². The third-order valence-electron chi connectivity index (χ3n) is 2.86. The minimum absolute atomic E-state index is 0.0780. The fourth-order valence-electron chi connectivity index (χ4n) is 1.74. The SMILES string of the molecule is CCN(CC(C)C(=O)OC)C(=O)c1ccc(Br)cc1. The van der Waals surface area contributed by atoms with Crippen molar-refractivity contribution in [2.24, 2.45) is 5.92 Å². The van der Waals surface area contributed by atoms with Crippen LogP contribution in [0.25, 0.3) is 0 Å². The molecule has 1 amide bonds. The highest BCUT2D eigenvalue weighted by atomic mass is 79.9. The van der Waals surface area contributed by atoms with E-state index in [2.05, 4.69) is 20.7 Å². The molecular formula is C14H18BrNO3. The van der Waals surface area contributed by atoms with Gasteiger partial charge in [0, 0.05) is 23.1 Å². The summed E-state index contributed by atoms with van der Waals surface area (Å²) in [5.41, 5.74) is 0.613. The number of carbonyl (C=O) groups excluding carboxylic acids is 2. The van der Waals surface area contributed by atoms with Crippen molar-refractivity contribution in [3.63, 3.8) is 0 Å². The van der Waals surface area contributed by atoms with Crippen LogP contribution in [0, 0.1) is 5.92 Å². The summed E-state index contributed by atoms with van der Waals surface area (Å²) in [4.78, 5) is 25.3. The van der Waals surface area contributed by atoms with Gasteiger partial charge < -0.3 is 9.64 Å². The van der Waals surface area contributed by atoms with Crippen LogP contribution >= 0.6 is 15.9 Å². The van der Waals surface area contributed by atoms with Crippen molar-refractivity contribution in [2.45, 2.75) is 13.8 Å². The third-order valence-corrected chi connectivity index (χ3v) is 3.39. The molecule has 0 radical (unpaired) electrons. The lowest BCUT2D eigenvalue weighted by Crippen LogP contribution is -2.37. The van der Waals surface area contributed by atoms with Gasteiger partial charge in [0.2, 0.25) is 0 Å². The molecule has 1 unspecified atom stereocenters. The van der Waals surface area contributed by atoms with Crippen LogP contribution in [0.4, 0.5) is 0 Å². The van der Waals surface area contributed by atoms with E-state index < -0.39 is 0 Å². The van der Waals surface area contributed by atoms with Crippen molar-refractivity contribution in [2.75, 3.05) is 20.2 Å². The monoisotopic (exact) mass is 327 g/mol. The number of methoxy groups -OCH3 is 1. The standard InChI is InChI=1S/C14H18BrNO3/c1-4-16(9-10(2)14(18)19-3)13(17)11-5-7-12(15)8-6-11/h5-8,10H,4,9H2,1-3H3. The minimum atomic E-state index is -0.329. The van der Waals surface area contributed by atoms with Crippen molar-refractivity contribution >= 4 is 27.8 Å². The lowest BCUT2D eigenvalue weighted by atomic mass is 10.1. The zero-order valence-electron chi connectivity index (χ0n) is 11.4. The van der Waals surface area contributed by atoms with E-state index in [-0.39, 0.29) is 17.8 Å². The van der Waals surface area contributed by atoms with E-state index in [0.717, 1.165) is 4.47 Å². The topological polar surface area (TPSA) is 46.6 Å². The van der Waals surface area contributed by atoms with Crippen LogP contribution in [0.2, 0.25) is 0 Å². The Balaban J connectivity index is 2.77. The molecule has 1 atom stereocenters. The normalized spacial score (nSPS) is 11.8. The van der Waals surface area contributed by atoms with Crippen molar-refractivity contribution in [3.05, 3.63) is 34.3 Å². The van der Waals surface area contributed by atoms with Gasteiger partial charge in [-0.2, -0.15) is 0 Å². The fourth-order valence-corrected chi connectivity index (χ4v) is 2.00. The second kappa shape index (κ2) is 7.28. The summed E-state index contributed by atoms with van der Waals surface area (Å²) in [7, 11) is 1.35. The predicted octanol–water partition coefficient (Wildman–Crippen LogP) is 2.72. The van der Waals surface area contributed by atoms with Gasteiger partial charge in [0.05, 0.1) is 13.0 Å². The Morgan fingerprint density at radius 2 is 1.89 bits per heavy atom. The maximum absolute atomic E-state index is 12.3. The number of rotatable bonds is 5. The summed E-state index contributed by atoms with van der Waals surface area (Å²) >= 11 is 3.33. The molecule has 0 aliphatic carbocycles. The Morgan fingerprint density at radius 1 is 1.32 bits per heavy atom. The first-order chi connectivity index (χ1) is 8.99. The predicted molar refractivity (Wildman–Crippen MR) is 76.9 cm³/mol. The van der Waals surface area contributed by atoms with Gasteiger partial charge in [-0.15, -0.1) is 0 Å². The summed E-state index contributed by atoms with van der Waals surface area (Å²) in [6, 6.07) is 7.17. The quantitative estimate of drug-likeness (QED) is 0.781. The van der Waals surface area contributed by atoms with Crippen molar-refractivity contribution in [1.29, 1.82) is 0 Å². The Labute approximate surface area is 121 Å². The van der Waals surface area contributed by atoms with Crippen molar-refractivity contribution in [1.82, 2.24) is 4.90 Å². The van der Waals surface area contributed by atoms with Gasteiger partial charge >= 0.3 is 5.97 Å². The second-order valence-corrected chi connectivity index (χ2v) is 5.19. The molecule has 0 aliphatic rings. The smallest absolute Gasteiger partial charge is 0.310 e. The molecular weight excluding hydrogens is 310 g/mol. The summed E-state index contributed by atoms with van der Waals surface area (Å²) in [5.74, 6) is -0.711. The molecule has 19 heavy (non-hydrogen) atoms. The average Bonchev–Trinajstić information content (AvgIpc) is 2.43. The van der Waals surface area contributed by atoms with Crippen LogP contribution in [-0.2, 0) is 9.53 Å². The van der Waals surface area contributed by atoms with E-state index in [1.165, 1.54) is 7.11 Å². The number of amides is 1. The van der Waals surface area contributed by atoms with Crippen LogP contribution < -0.4 is 0 Å². The number of ether oxygens (including phenoxy) is 1. The van der Waals surface area contributed by atoms with E-state index in [9.17, 15) is 9.59 Å². The molecule has 0 spiro atoms. The molecule has 0 fully saturated rings. The van der Waals surface area contributed by atoms with Gasteiger partial charge in [0.1, 0.15) is 0 Å². The average molecular weight is 328 g/mol. The molecule has 1 aromatic rings.